The molecular formula is C33H41N7O. The summed E-state index contributed by atoms with van der Waals surface area (Å²) in [7, 11) is 0. The molecule has 8 nitrogen and oxygen atoms in total. The van der Waals surface area contributed by atoms with Gasteiger partial charge in [-0.15, -0.1) is 0 Å². The Balaban J connectivity index is 1.44. The molecule has 1 saturated heterocycles. The number of amides is 1. The number of H-pyrrole nitrogens is 1. The van der Waals surface area contributed by atoms with Gasteiger partial charge in [-0.3, -0.25) is 9.69 Å². The molecule has 2 aliphatic rings. The number of aryl methyl sites for hydroxylation is 2. The monoisotopic (exact) mass is 551 g/mol. The van der Waals surface area contributed by atoms with Gasteiger partial charge >= 0.3 is 0 Å². The Morgan fingerprint density at radius 2 is 1.93 bits per heavy atom. The summed E-state index contributed by atoms with van der Waals surface area (Å²) in [6, 6.07) is 13.4. The van der Waals surface area contributed by atoms with Crippen molar-refractivity contribution in [2.75, 3.05) is 42.5 Å². The highest BCUT2D eigenvalue weighted by Crippen LogP contribution is 2.37. The van der Waals surface area contributed by atoms with Crippen LogP contribution in [0.2, 0.25) is 0 Å². The van der Waals surface area contributed by atoms with E-state index in [1.165, 1.54) is 33.3 Å². The first-order valence-electron chi connectivity index (χ1n) is 14.8. The van der Waals surface area contributed by atoms with E-state index in [4.69, 9.17) is 15.7 Å². The molecule has 1 atom stereocenters. The van der Waals surface area contributed by atoms with Crippen molar-refractivity contribution < 1.29 is 4.79 Å². The molecule has 0 unspecified atom stereocenters. The van der Waals surface area contributed by atoms with E-state index >= 15 is 0 Å². The highest BCUT2D eigenvalue weighted by atomic mass is 16.1. The minimum Gasteiger partial charge on any atom is -0.369 e. The van der Waals surface area contributed by atoms with E-state index < -0.39 is 0 Å². The van der Waals surface area contributed by atoms with Gasteiger partial charge in [0.2, 0.25) is 5.91 Å². The van der Waals surface area contributed by atoms with Crippen molar-refractivity contribution >= 4 is 28.3 Å². The third-order valence-corrected chi connectivity index (χ3v) is 8.79. The number of aromatic amines is 1. The molecule has 0 saturated carbocycles. The Morgan fingerprint density at radius 3 is 2.68 bits per heavy atom. The fraction of sp³-hybridized carbons (Fsp3) is 0.424. The number of nitrogens with two attached hydrogens (primary N) is 1. The van der Waals surface area contributed by atoms with Crippen molar-refractivity contribution in [2.24, 2.45) is 5.73 Å². The Hall–Kier alpha value is -3.91. The summed E-state index contributed by atoms with van der Waals surface area (Å²) in [5.74, 6) is 2.00. The molecule has 6 rings (SSSR count). The topological polar surface area (TPSA) is 94.4 Å². The number of piperazine rings is 1. The first kappa shape index (κ1) is 27.3. The molecule has 1 amide bonds. The Kier molecular flexibility index (Phi) is 7.20. The molecule has 41 heavy (non-hydrogen) atoms. The normalized spacial score (nSPS) is 17.9. The molecule has 2 aromatic carbocycles. The van der Waals surface area contributed by atoms with Crippen LogP contribution in [-0.2, 0) is 17.8 Å². The Morgan fingerprint density at radius 1 is 1.10 bits per heavy atom. The summed E-state index contributed by atoms with van der Waals surface area (Å²) in [5.41, 5.74) is 15.2. The van der Waals surface area contributed by atoms with Crippen LogP contribution in [0.4, 0.5) is 11.5 Å². The number of carbonyl (C=O) groups is 1. The van der Waals surface area contributed by atoms with E-state index in [1.807, 2.05) is 0 Å². The fourth-order valence-electron chi connectivity index (χ4n) is 6.54. The largest absolute Gasteiger partial charge is 0.369 e. The van der Waals surface area contributed by atoms with Crippen molar-refractivity contribution in [3.05, 3.63) is 70.5 Å². The Labute approximate surface area is 242 Å². The standard InChI is InChI=1S/C33H41N7O/c1-20(2)24-10-9-21(3)29(15-24)39-12-11-27-26(18-39)33(40-14-13-38(17-23(40)5)19-30(34)41)37-32(36-27)25-7-6-8-28-31(25)22(4)16-35-28/h6-10,15-16,20,23,35H,11-14,17-19H2,1-5H3,(H2,34,41)/t23-/m1/s1. The maximum absolute atomic E-state index is 11.6. The summed E-state index contributed by atoms with van der Waals surface area (Å²) < 4.78 is 0. The molecule has 4 heterocycles. The van der Waals surface area contributed by atoms with E-state index in [9.17, 15) is 4.79 Å². The lowest BCUT2D eigenvalue weighted by Gasteiger charge is -2.42. The number of benzene rings is 2. The zero-order valence-electron chi connectivity index (χ0n) is 24.9. The highest BCUT2D eigenvalue weighted by Gasteiger charge is 2.32. The SMILES string of the molecule is Cc1ccc(C(C)C)cc1N1CCc2nc(-c3cccc4[nH]cc(C)c34)nc(N3CCN(CC(N)=O)C[C@H]3C)c2C1. The van der Waals surface area contributed by atoms with Gasteiger partial charge in [0.25, 0.3) is 0 Å². The minimum atomic E-state index is -0.281. The predicted octanol–water partition coefficient (Wildman–Crippen LogP) is 4.92. The van der Waals surface area contributed by atoms with Crippen LogP contribution in [0.5, 0.6) is 0 Å². The molecule has 2 aromatic heterocycles. The number of nitrogens with zero attached hydrogens (tertiary/aromatic N) is 5. The second-order valence-electron chi connectivity index (χ2n) is 12.1. The number of anilines is 2. The van der Waals surface area contributed by atoms with Gasteiger partial charge in [0.05, 0.1) is 12.2 Å². The molecule has 0 radical (unpaired) electrons. The van der Waals surface area contributed by atoms with Crippen molar-refractivity contribution in [1.29, 1.82) is 0 Å². The van der Waals surface area contributed by atoms with Crippen LogP contribution in [0.1, 0.15) is 54.6 Å². The highest BCUT2D eigenvalue weighted by molar-refractivity contribution is 5.96. The van der Waals surface area contributed by atoms with Crippen molar-refractivity contribution in [1.82, 2.24) is 19.9 Å². The van der Waals surface area contributed by atoms with E-state index in [1.54, 1.807) is 0 Å². The number of nitrogens with one attached hydrogen (secondary N) is 1. The molecule has 3 N–H and O–H groups in total. The van der Waals surface area contributed by atoms with Crippen molar-refractivity contribution in [3.63, 3.8) is 0 Å². The minimum absolute atomic E-state index is 0.182. The number of aromatic nitrogens is 3. The summed E-state index contributed by atoms with van der Waals surface area (Å²) in [4.78, 5) is 32.7. The van der Waals surface area contributed by atoms with Gasteiger partial charge in [0, 0.05) is 79.1 Å². The third kappa shape index (κ3) is 5.17. The van der Waals surface area contributed by atoms with Crippen LogP contribution in [0, 0.1) is 13.8 Å². The number of hydrogen-bond acceptors (Lipinski definition) is 6. The van der Waals surface area contributed by atoms with E-state index in [0.717, 1.165) is 67.6 Å². The zero-order valence-corrected chi connectivity index (χ0v) is 24.9. The number of primary amides is 1. The van der Waals surface area contributed by atoms with E-state index in [0.29, 0.717) is 12.5 Å². The average Bonchev–Trinajstić information content (AvgIpc) is 3.33. The number of hydrogen-bond donors (Lipinski definition) is 2. The molecule has 0 spiro atoms. The summed E-state index contributed by atoms with van der Waals surface area (Å²) in [5, 5.41) is 1.18. The number of rotatable bonds is 6. The van der Waals surface area contributed by atoms with Crippen molar-refractivity contribution in [2.45, 2.75) is 59.5 Å². The predicted molar refractivity (Wildman–Crippen MR) is 167 cm³/mol. The van der Waals surface area contributed by atoms with Gasteiger partial charge < -0.3 is 20.5 Å². The summed E-state index contributed by atoms with van der Waals surface area (Å²) in [6.07, 6.45) is 2.92. The number of carbonyl (C=O) groups excluding carboxylic acids is 1. The van der Waals surface area contributed by atoms with Crippen LogP contribution < -0.4 is 15.5 Å². The van der Waals surface area contributed by atoms with Crippen molar-refractivity contribution in [3.8, 4) is 11.4 Å². The second-order valence-corrected chi connectivity index (χ2v) is 12.1. The van der Waals surface area contributed by atoms with Crippen LogP contribution in [0.25, 0.3) is 22.3 Å². The van der Waals surface area contributed by atoms with Gasteiger partial charge in [-0.2, -0.15) is 0 Å². The quantitative estimate of drug-likeness (QED) is 0.353. The van der Waals surface area contributed by atoms with Gasteiger partial charge in [-0.25, -0.2) is 9.97 Å². The third-order valence-electron chi connectivity index (χ3n) is 8.79. The molecule has 214 valence electrons. The van der Waals surface area contributed by atoms with E-state index in [-0.39, 0.29) is 11.9 Å². The lowest BCUT2D eigenvalue weighted by Crippen LogP contribution is -2.54. The molecule has 0 bridgehead atoms. The molecular weight excluding hydrogens is 510 g/mol. The second kappa shape index (κ2) is 10.8. The maximum Gasteiger partial charge on any atom is 0.231 e. The Bertz CT molecular complexity index is 1610. The van der Waals surface area contributed by atoms with Crippen LogP contribution in [0.3, 0.4) is 0 Å². The van der Waals surface area contributed by atoms with Crippen LogP contribution in [0.15, 0.2) is 42.6 Å². The van der Waals surface area contributed by atoms with E-state index in [2.05, 4.69) is 96.9 Å². The van der Waals surface area contributed by atoms with Gasteiger partial charge in [0.1, 0.15) is 5.82 Å². The first-order valence-corrected chi connectivity index (χ1v) is 14.8. The zero-order chi connectivity index (χ0) is 28.8. The smallest absolute Gasteiger partial charge is 0.231 e. The van der Waals surface area contributed by atoms with Gasteiger partial charge in [-0.05, 0) is 55.5 Å². The lowest BCUT2D eigenvalue weighted by molar-refractivity contribution is -0.119. The molecule has 8 heteroatoms. The molecule has 0 aliphatic carbocycles. The number of fused-ring (bicyclic) bond motifs is 2. The molecule has 2 aliphatic heterocycles. The fourth-order valence-corrected chi connectivity index (χ4v) is 6.54. The first-order chi connectivity index (χ1) is 19.7. The van der Waals surface area contributed by atoms with Crippen LogP contribution in [-0.4, -0.2) is 64.5 Å². The maximum atomic E-state index is 11.6. The lowest BCUT2D eigenvalue weighted by atomic mass is 9.97. The summed E-state index contributed by atoms with van der Waals surface area (Å²) >= 11 is 0. The van der Waals surface area contributed by atoms with Gasteiger partial charge in [0.15, 0.2) is 5.82 Å². The molecule has 1 fully saturated rings. The van der Waals surface area contributed by atoms with Crippen LogP contribution >= 0.6 is 0 Å². The average molecular weight is 552 g/mol. The molecule has 4 aromatic rings. The summed E-state index contributed by atoms with van der Waals surface area (Å²) in [6.45, 7) is 15.4. The van der Waals surface area contributed by atoms with Gasteiger partial charge in [-0.1, -0.05) is 38.1 Å².